The Morgan fingerprint density at radius 2 is 1.83 bits per heavy atom. The molecule has 0 aliphatic carbocycles. The van der Waals surface area contributed by atoms with Crippen LogP contribution in [0, 0.1) is 0 Å². The zero-order chi connectivity index (χ0) is 21.1. The van der Waals surface area contributed by atoms with Crippen LogP contribution in [0.25, 0.3) is 10.2 Å². The van der Waals surface area contributed by atoms with E-state index in [0.29, 0.717) is 36.2 Å². The van der Waals surface area contributed by atoms with Gasteiger partial charge in [-0.25, -0.2) is 4.98 Å². The third-order valence-corrected chi connectivity index (χ3v) is 6.66. The fourth-order valence-electron chi connectivity index (χ4n) is 3.41. The van der Waals surface area contributed by atoms with Crippen molar-refractivity contribution in [3.63, 3.8) is 0 Å². The van der Waals surface area contributed by atoms with Gasteiger partial charge in [-0.1, -0.05) is 47.2 Å². The number of likely N-dealkylation sites (N-methyl/N-ethyl adjacent to an activating group) is 1. The van der Waals surface area contributed by atoms with Gasteiger partial charge in [-0.05, 0) is 31.3 Å². The Balaban J connectivity index is 1.69. The minimum absolute atomic E-state index is 0.0558. The molecule has 0 spiro atoms. The number of carbonyl (C=O) groups excluding carboxylic acids is 1. The summed E-state index contributed by atoms with van der Waals surface area (Å²) in [5, 5.41) is 0.685. The topological polar surface area (TPSA) is 54.9 Å². The van der Waals surface area contributed by atoms with Crippen LogP contribution in [0.2, 0.25) is 0 Å². The van der Waals surface area contributed by atoms with Gasteiger partial charge in [0.2, 0.25) is 0 Å². The van der Waals surface area contributed by atoms with E-state index in [1.807, 2.05) is 36.4 Å². The smallest absolute Gasteiger partial charge is 0.260 e. The Bertz CT molecular complexity index is 1010. The van der Waals surface area contributed by atoms with E-state index in [-0.39, 0.29) is 5.91 Å². The van der Waals surface area contributed by atoms with E-state index in [1.54, 1.807) is 4.90 Å². The van der Waals surface area contributed by atoms with Crippen LogP contribution in [-0.4, -0.2) is 55.2 Å². The molecule has 1 aliphatic rings. The molecule has 0 N–H and O–H groups in total. The maximum absolute atomic E-state index is 13.4. The minimum atomic E-state index is -0.0558. The molecule has 3 aromatic rings. The third-order valence-electron chi connectivity index (χ3n) is 5.12. The van der Waals surface area contributed by atoms with Crippen molar-refractivity contribution in [1.82, 2.24) is 9.88 Å². The lowest BCUT2D eigenvalue weighted by molar-refractivity contribution is 0.0983. The number of halogens is 1. The number of ether oxygens (including phenoxy) is 2. The molecule has 6 nitrogen and oxygen atoms in total. The Morgan fingerprint density at radius 3 is 2.53 bits per heavy atom. The molecule has 30 heavy (non-hydrogen) atoms. The summed E-state index contributed by atoms with van der Waals surface area (Å²) in [5.74, 6) is 1.38. The highest BCUT2D eigenvalue weighted by Gasteiger charge is 2.23. The molecule has 0 fully saturated rings. The van der Waals surface area contributed by atoms with Crippen molar-refractivity contribution in [3.8, 4) is 11.5 Å². The summed E-state index contributed by atoms with van der Waals surface area (Å²) in [5.41, 5.74) is 1.45. The number of amides is 1. The van der Waals surface area contributed by atoms with E-state index in [9.17, 15) is 4.79 Å². The number of rotatable bonds is 7. The molecule has 0 saturated carbocycles. The first-order valence-corrected chi connectivity index (χ1v) is 11.7. The summed E-state index contributed by atoms with van der Waals surface area (Å²) >= 11 is 4.97. The first-order valence-electron chi connectivity index (χ1n) is 10.1. The first-order chi connectivity index (χ1) is 14.6. The molecule has 1 aromatic heterocycles. The van der Waals surface area contributed by atoms with Crippen molar-refractivity contribution in [2.24, 2.45) is 0 Å². The Kier molecular flexibility index (Phi) is 6.55. The average molecular weight is 490 g/mol. The van der Waals surface area contributed by atoms with Crippen molar-refractivity contribution in [3.05, 3.63) is 46.4 Å². The van der Waals surface area contributed by atoms with Crippen molar-refractivity contribution < 1.29 is 14.3 Å². The van der Waals surface area contributed by atoms with Crippen molar-refractivity contribution >= 4 is 48.5 Å². The number of anilines is 1. The fraction of sp³-hybridized carbons (Fsp3) is 0.364. The number of carbonyl (C=O) groups is 1. The van der Waals surface area contributed by atoms with E-state index in [4.69, 9.17) is 14.5 Å². The van der Waals surface area contributed by atoms with Crippen LogP contribution < -0.4 is 14.4 Å². The first kappa shape index (κ1) is 21.1. The number of fused-ring (bicyclic) bond motifs is 2. The second-order valence-corrected chi connectivity index (χ2v) is 8.88. The van der Waals surface area contributed by atoms with Crippen LogP contribution in [0.15, 0.2) is 40.9 Å². The number of hydrogen-bond acceptors (Lipinski definition) is 6. The van der Waals surface area contributed by atoms with Crippen molar-refractivity contribution in [1.29, 1.82) is 0 Å². The quantitative estimate of drug-likeness (QED) is 0.476. The van der Waals surface area contributed by atoms with Crippen LogP contribution >= 0.6 is 27.3 Å². The predicted molar refractivity (Wildman–Crippen MR) is 124 cm³/mol. The number of hydrogen-bond donors (Lipinski definition) is 0. The van der Waals surface area contributed by atoms with Gasteiger partial charge in [0.1, 0.15) is 13.2 Å². The standard InChI is InChI=1S/C22H24BrN3O3S/c1-3-25(4-2)8-9-26(21(27)15-6-5-7-16(23)12-15)22-24-17-13-18-19(14-20(17)30-22)29-11-10-28-18/h5-7,12-14H,3-4,8-11H2,1-2H3. The van der Waals surface area contributed by atoms with E-state index in [0.717, 1.165) is 40.1 Å². The summed E-state index contributed by atoms with van der Waals surface area (Å²) in [6.07, 6.45) is 0. The van der Waals surface area contributed by atoms with Crippen molar-refractivity contribution in [2.45, 2.75) is 13.8 Å². The highest BCUT2D eigenvalue weighted by Crippen LogP contribution is 2.39. The molecule has 4 rings (SSSR count). The maximum atomic E-state index is 13.4. The molecule has 158 valence electrons. The molecular weight excluding hydrogens is 466 g/mol. The molecule has 8 heteroatoms. The predicted octanol–water partition coefficient (Wildman–Crippen LogP) is 4.82. The Labute approximate surface area is 188 Å². The summed E-state index contributed by atoms with van der Waals surface area (Å²) < 4.78 is 13.2. The molecular formula is C22H24BrN3O3S. The molecule has 1 aliphatic heterocycles. The molecule has 1 amide bonds. The van der Waals surface area contributed by atoms with E-state index in [1.165, 1.54) is 11.3 Å². The lowest BCUT2D eigenvalue weighted by Crippen LogP contribution is -2.38. The monoisotopic (exact) mass is 489 g/mol. The van der Waals surface area contributed by atoms with Gasteiger partial charge >= 0.3 is 0 Å². The maximum Gasteiger partial charge on any atom is 0.260 e. The average Bonchev–Trinajstić information content (AvgIpc) is 3.17. The zero-order valence-corrected chi connectivity index (χ0v) is 19.5. The number of nitrogens with zero attached hydrogens (tertiary/aromatic N) is 3. The number of thiazole rings is 1. The van der Waals surface area contributed by atoms with Gasteiger partial charge in [-0.15, -0.1) is 0 Å². The normalized spacial score (nSPS) is 13.1. The Hall–Kier alpha value is -2.16. The third kappa shape index (κ3) is 4.45. The summed E-state index contributed by atoms with van der Waals surface area (Å²) in [4.78, 5) is 22.3. The van der Waals surface area contributed by atoms with E-state index < -0.39 is 0 Å². The molecule has 0 radical (unpaired) electrons. The fourth-order valence-corrected chi connectivity index (χ4v) is 4.81. The van der Waals surface area contributed by atoms with E-state index in [2.05, 4.69) is 34.7 Å². The van der Waals surface area contributed by atoms with Crippen LogP contribution in [0.4, 0.5) is 5.13 Å². The molecule has 0 bridgehead atoms. The van der Waals surface area contributed by atoms with Gasteiger partial charge < -0.3 is 14.4 Å². The van der Waals surface area contributed by atoms with Crippen LogP contribution in [0.1, 0.15) is 24.2 Å². The van der Waals surface area contributed by atoms with Crippen molar-refractivity contribution in [2.75, 3.05) is 44.3 Å². The highest BCUT2D eigenvalue weighted by atomic mass is 79.9. The minimum Gasteiger partial charge on any atom is -0.486 e. The zero-order valence-electron chi connectivity index (χ0n) is 17.1. The van der Waals surface area contributed by atoms with Gasteiger partial charge in [-0.3, -0.25) is 9.69 Å². The number of aromatic nitrogens is 1. The van der Waals surface area contributed by atoms with Gasteiger partial charge in [-0.2, -0.15) is 0 Å². The van der Waals surface area contributed by atoms with Gasteiger partial charge in [0.25, 0.3) is 5.91 Å². The molecule has 0 atom stereocenters. The van der Waals surface area contributed by atoms with Gasteiger partial charge in [0.15, 0.2) is 16.6 Å². The van der Waals surface area contributed by atoms with Gasteiger partial charge in [0.05, 0.1) is 10.2 Å². The van der Waals surface area contributed by atoms with Crippen LogP contribution in [0.5, 0.6) is 11.5 Å². The molecule has 2 heterocycles. The largest absolute Gasteiger partial charge is 0.486 e. The Morgan fingerprint density at radius 1 is 1.10 bits per heavy atom. The second kappa shape index (κ2) is 9.32. The second-order valence-electron chi connectivity index (χ2n) is 6.95. The summed E-state index contributed by atoms with van der Waals surface area (Å²) in [7, 11) is 0. The highest BCUT2D eigenvalue weighted by molar-refractivity contribution is 9.10. The molecule has 0 saturated heterocycles. The lowest BCUT2D eigenvalue weighted by Gasteiger charge is -2.24. The van der Waals surface area contributed by atoms with Crippen LogP contribution in [0.3, 0.4) is 0 Å². The lowest BCUT2D eigenvalue weighted by atomic mass is 10.2. The van der Waals surface area contributed by atoms with Gasteiger partial charge in [0, 0.05) is 35.3 Å². The van der Waals surface area contributed by atoms with E-state index >= 15 is 0 Å². The molecule has 2 aromatic carbocycles. The SMILES string of the molecule is CCN(CC)CCN(C(=O)c1cccc(Br)c1)c1nc2cc3c(cc2s1)OCCO3. The summed E-state index contributed by atoms with van der Waals surface area (Å²) in [6, 6.07) is 11.3. The summed E-state index contributed by atoms with van der Waals surface area (Å²) in [6.45, 7) is 8.57. The van der Waals surface area contributed by atoms with Crippen LogP contribution in [-0.2, 0) is 0 Å². The number of benzene rings is 2. The molecule has 0 unspecified atom stereocenters.